The van der Waals surface area contributed by atoms with Gasteiger partial charge in [0.15, 0.2) is 0 Å². The number of rotatable bonds is 6. The van der Waals surface area contributed by atoms with Gasteiger partial charge in [0.25, 0.3) is 0 Å². The van der Waals surface area contributed by atoms with Gasteiger partial charge in [-0.3, -0.25) is 14.6 Å². The van der Waals surface area contributed by atoms with E-state index in [4.69, 9.17) is 5.10 Å². The van der Waals surface area contributed by atoms with E-state index in [2.05, 4.69) is 4.98 Å². The third-order valence-electron chi connectivity index (χ3n) is 6.95. The fourth-order valence-corrected chi connectivity index (χ4v) is 4.92. The third-order valence-corrected chi connectivity index (χ3v) is 6.95. The summed E-state index contributed by atoms with van der Waals surface area (Å²) in [6.45, 7) is 3.20. The van der Waals surface area contributed by atoms with E-state index in [1.165, 1.54) is 0 Å². The summed E-state index contributed by atoms with van der Waals surface area (Å²) < 4.78 is 1.83. The van der Waals surface area contributed by atoms with Crippen molar-refractivity contribution in [3.05, 3.63) is 72.7 Å². The molecule has 0 unspecified atom stereocenters. The molecule has 2 saturated heterocycles. The van der Waals surface area contributed by atoms with Crippen molar-refractivity contribution in [1.29, 1.82) is 0 Å². The first-order chi connectivity index (χ1) is 17.2. The van der Waals surface area contributed by atoms with Gasteiger partial charge in [-0.25, -0.2) is 4.68 Å². The number of para-hydroxylation sites is 1. The number of amides is 2. The second-order valence-corrected chi connectivity index (χ2v) is 9.35. The number of likely N-dealkylation sites (tertiary alicyclic amines) is 2. The molecule has 0 saturated carbocycles. The number of hydrogen-bond acceptors (Lipinski definition) is 4. The van der Waals surface area contributed by atoms with E-state index in [9.17, 15) is 9.59 Å². The first-order valence-electron chi connectivity index (χ1n) is 12.5. The van der Waals surface area contributed by atoms with Gasteiger partial charge in [0.05, 0.1) is 5.69 Å². The zero-order valence-electron chi connectivity index (χ0n) is 19.9. The SMILES string of the molecule is O=C(/C=C/c1cn(-c2ccccc2)nc1-c1cccnc1)N1CCC(CC(=O)N2CCCC2)CC1. The van der Waals surface area contributed by atoms with Gasteiger partial charge in [-0.2, -0.15) is 5.10 Å². The molecule has 2 fully saturated rings. The molecule has 7 nitrogen and oxygen atoms in total. The Morgan fingerprint density at radius 3 is 2.43 bits per heavy atom. The monoisotopic (exact) mass is 469 g/mol. The highest BCUT2D eigenvalue weighted by molar-refractivity contribution is 5.93. The van der Waals surface area contributed by atoms with Gasteiger partial charge in [-0.15, -0.1) is 0 Å². The molecule has 35 heavy (non-hydrogen) atoms. The van der Waals surface area contributed by atoms with E-state index < -0.39 is 0 Å². The molecular weight excluding hydrogens is 438 g/mol. The van der Waals surface area contributed by atoms with E-state index >= 15 is 0 Å². The van der Waals surface area contributed by atoms with Crippen LogP contribution in [0.3, 0.4) is 0 Å². The Kier molecular flexibility index (Phi) is 7.02. The lowest BCUT2D eigenvalue weighted by Crippen LogP contribution is -2.39. The summed E-state index contributed by atoms with van der Waals surface area (Å²) >= 11 is 0. The zero-order valence-corrected chi connectivity index (χ0v) is 19.9. The highest BCUT2D eigenvalue weighted by Crippen LogP contribution is 2.26. The number of carbonyl (C=O) groups excluding carboxylic acids is 2. The summed E-state index contributed by atoms with van der Waals surface area (Å²) in [6.07, 6.45) is 13.6. The van der Waals surface area contributed by atoms with Crippen LogP contribution in [0.25, 0.3) is 23.0 Å². The molecule has 2 aliphatic rings. The number of aromatic nitrogens is 3. The predicted octanol–water partition coefficient (Wildman–Crippen LogP) is 4.20. The standard InChI is InChI=1S/C28H31N5O2/c34-26(32-17-12-22(13-18-32)19-27(35)31-15-4-5-16-31)11-10-24-21-33(25-8-2-1-3-9-25)30-28(24)23-7-6-14-29-20-23/h1-3,6-11,14,20-22H,4-5,12-13,15-19H2/b11-10+. The topological polar surface area (TPSA) is 71.3 Å². The van der Waals surface area contributed by atoms with Crippen LogP contribution in [0.4, 0.5) is 0 Å². The zero-order chi connectivity index (χ0) is 24.0. The van der Waals surface area contributed by atoms with Crippen molar-refractivity contribution in [3.63, 3.8) is 0 Å². The van der Waals surface area contributed by atoms with E-state index in [0.29, 0.717) is 25.4 Å². The summed E-state index contributed by atoms with van der Waals surface area (Å²) in [5, 5.41) is 4.78. The summed E-state index contributed by atoms with van der Waals surface area (Å²) in [6, 6.07) is 13.8. The van der Waals surface area contributed by atoms with Crippen LogP contribution in [0.1, 0.15) is 37.7 Å². The molecule has 0 spiro atoms. The van der Waals surface area contributed by atoms with Gasteiger partial charge >= 0.3 is 0 Å². The molecular formula is C28H31N5O2. The molecule has 0 radical (unpaired) electrons. The largest absolute Gasteiger partial charge is 0.343 e. The minimum atomic E-state index is -0.00100. The second kappa shape index (κ2) is 10.7. The van der Waals surface area contributed by atoms with Gasteiger partial charge in [0.2, 0.25) is 11.8 Å². The van der Waals surface area contributed by atoms with Crippen molar-refractivity contribution in [2.75, 3.05) is 26.2 Å². The van der Waals surface area contributed by atoms with Crippen molar-refractivity contribution < 1.29 is 9.59 Å². The lowest BCUT2D eigenvalue weighted by molar-refractivity contribution is -0.131. The Morgan fingerprint density at radius 2 is 1.71 bits per heavy atom. The third kappa shape index (κ3) is 5.50. The van der Waals surface area contributed by atoms with Crippen molar-refractivity contribution in [2.24, 2.45) is 5.92 Å². The van der Waals surface area contributed by atoms with E-state index in [1.54, 1.807) is 18.5 Å². The average molecular weight is 470 g/mol. The Morgan fingerprint density at radius 1 is 0.943 bits per heavy atom. The minimum absolute atomic E-state index is 0.00100. The van der Waals surface area contributed by atoms with Gasteiger partial charge in [0, 0.05) is 68.4 Å². The normalized spacial score (nSPS) is 16.8. The van der Waals surface area contributed by atoms with Crippen LogP contribution in [0.5, 0.6) is 0 Å². The average Bonchev–Trinajstić information content (AvgIpc) is 3.60. The number of hydrogen-bond donors (Lipinski definition) is 0. The lowest BCUT2D eigenvalue weighted by atomic mass is 9.93. The lowest BCUT2D eigenvalue weighted by Gasteiger charge is -2.31. The highest BCUT2D eigenvalue weighted by Gasteiger charge is 2.26. The fourth-order valence-electron chi connectivity index (χ4n) is 4.92. The van der Waals surface area contributed by atoms with E-state index in [-0.39, 0.29) is 11.8 Å². The molecule has 0 aliphatic carbocycles. The van der Waals surface area contributed by atoms with Crippen LogP contribution < -0.4 is 0 Å². The molecule has 180 valence electrons. The van der Waals surface area contributed by atoms with Crippen molar-refractivity contribution in [3.8, 4) is 16.9 Å². The second-order valence-electron chi connectivity index (χ2n) is 9.35. The molecule has 1 aromatic carbocycles. The number of carbonyl (C=O) groups is 2. The van der Waals surface area contributed by atoms with Crippen LogP contribution in [0.2, 0.25) is 0 Å². The maximum absolute atomic E-state index is 13.0. The van der Waals surface area contributed by atoms with Crippen LogP contribution in [0, 0.1) is 5.92 Å². The van der Waals surface area contributed by atoms with E-state index in [1.807, 2.05) is 69.2 Å². The predicted molar refractivity (Wildman–Crippen MR) is 136 cm³/mol. The fraction of sp³-hybridized carbons (Fsp3) is 0.357. The molecule has 4 heterocycles. The van der Waals surface area contributed by atoms with Gasteiger partial charge in [-0.1, -0.05) is 18.2 Å². The minimum Gasteiger partial charge on any atom is -0.343 e. The summed E-state index contributed by atoms with van der Waals surface area (Å²) in [4.78, 5) is 33.5. The summed E-state index contributed by atoms with van der Waals surface area (Å²) in [7, 11) is 0. The molecule has 2 aromatic heterocycles. The van der Waals surface area contributed by atoms with E-state index in [0.717, 1.165) is 61.3 Å². The summed E-state index contributed by atoms with van der Waals surface area (Å²) in [5.74, 6) is 0.655. The molecule has 2 amide bonds. The molecule has 0 atom stereocenters. The highest BCUT2D eigenvalue weighted by atomic mass is 16.2. The number of benzene rings is 1. The maximum atomic E-state index is 13.0. The quantitative estimate of drug-likeness (QED) is 0.508. The van der Waals surface area contributed by atoms with Crippen LogP contribution in [-0.2, 0) is 9.59 Å². The van der Waals surface area contributed by atoms with Crippen LogP contribution in [0.15, 0.2) is 67.1 Å². The van der Waals surface area contributed by atoms with Crippen molar-refractivity contribution in [2.45, 2.75) is 32.1 Å². The molecule has 0 bridgehead atoms. The van der Waals surface area contributed by atoms with Crippen molar-refractivity contribution in [1.82, 2.24) is 24.6 Å². The molecule has 5 rings (SSSR count). The number of nitrogens with zero attached hydrogens (tertiary/aromatic N) is 5. The van der Waals surface area contributed by atoms with Crippen LogP contribution in [-0.4, -0.2) is 62.6 Å². The Bertz CT molecular complexity index is 1170. The molecule has 7 heteroatoms. The Labute approximate surface area is 206 Å². The Balaban J connectivity index is 1.25. The summed E-state index contributed by atoms with van der Waals surface area (Å²) in [5.41, 5.74) is 3.50. The van der Waals surface area contributed by atoms with Gasteiger partial charge in [0.1, 0.15) is 5.69 Å². The first-order valence-corrected chi connectivity index (χ1v) is 12.5. The Hall–Kier alpha value is -3.74. The van der Waals surface area contributed by atoms with Crippen molar-refractivity contribution >= 4 is 17.9 Å². The van der Waals surface area contributed by atoms with Gasteiger partial charge < -0.3 is 9.80 Å². The molecule has 0 N–H and O–H groups in total. The number of pyridine rings is 1. The smallest absolute Gasteiger partial charge is 0.246 e. The first kappa shape index (κ1) is 23.0. The van der Waals surface area contributed by atoms with Crippen LogP contribution >= 0.6 is 0 Å². The number of piperidine rings is 1. The molecule has 3 aromatic rings. The maximum Gasteiger partial charge on any atom is 0.246 e. The molecule has 2 aliphatic heterocycles. The van der Waals surface area contributed by atoms with Gasteiger partial charge in [-0.05, 0) is 61.9 Å².